The number of nitriles is 2. The molecule has 0 atom stereocenters. The van der Waals surface area contributed by atoms with Crippen LogP contribution in [0.25, 0.3) is 0 Å². The molecule has 0 saturated heterocycles. The van der Waals surface area contributed by atoms with E-state index in [0.29, 0.717) is 16.6 Å². The minimum Gasteiger partial charge on any atom is -0.273 e. The van der Waals surface area contributed by atoms with E-state index in [1.165, 1.54) is 6.07 Å². The molecule has 0 bridgehead atoms. The molecular formula is C11H9BrN4O2. The molecule has 0 unspecified atom stereocenters. The summed E-state index contributed by atoms with van der Waals surface area (Å²) in [7, 11) is 0. The van der Waals surface area contributed by atoms with Crippen LogP contribution in [-0.2, 0) is 6.54 Å². The molecule has 0 aromatic heterocycles. The van der Waals surface area contributed by atoms with Crippen LogP contribution in [0, 0.1) is 32.8 Å². The summed E-state index contributed by atoms with van der Waals surface area (Å²) < 4.78 is 0.406. The molecule has 0 spiro atoms. The standard InChI is InChI=1S/C11H9BrN4O2/c12-10-2-1-9(7-11(10)16(17)18)8-15(5-3-13)6-4-14/h1-2,7H,5-6,8H2. The van der Waals surface area contributed by atoms with E-state index in [4.69, 9.17) is 10.5 Å². The molecule has 0 aliphatic carbocycles. The quantitative estimate of drug-likeness (QED) is 0.472. The van der Waals surface area contributed by atoms with E-state index in [2.05, 4.69) is 15.9 Å². The Morgan fingerprint density at radius 3 is 2.44 bits per heavy atom. The number of nitro benzene ring substituents is 1. The van der Waals surface area contributed by atoms with E-state index >= 15 is 0 Å². The number of hydrogen-bond donors (Lipinski definition) is 0. The van der Waals surface area contributed by atoms with E-state index < -0.39 is 4.92 Å². The second-order valence-corrected chi connectivity index (χ2v) is 4.36. The summed E-state index contributed by atoms with van der Waals surface area (Å²) in [6, 6.07) is 8.65. The van der Waals surface area contributed by atoms with Gasteiger partial charge in [-0.3, -0.25) is 15.0 Å². The number of rotatable bonds is 5. The van der Waals surface area contributed by atoms with Crippen LogP contribution in [0.15, 0.2) is 22.7 Å². The van der Waals surface area contributed by atoms with E-state index in [1.54, 1.807) is 17.0 Å². The van der Waals surface area contributed by atoms with Crippen LogP contribution >= 0.6 is 15.9 Å². The maximum absolute atomic E-state index is 10.8. The number of nitro groups is 1. The summed E-state index contributed by atoms with van der Waals surface area (Å²) in [5, 5.41) is 28.0. The second-order valence-electron chi connectivity index (χ2n) is 3.50. The molecule has 0 radical (unpaired) electrons. The first-order valence-corrected chi connectivity index (χ1v) is 5.77. The zero-order valence-corrected chi connectivity index (χ0v) is 10.9. The molecule has 92 valence electrons. The fourth-order valence-electron chi connectivity index (χ4n) is 1.42. The van der Waals surface area contributed by atoms with Crippen LogP contribution in [0.1, 0.15) is 5.56 Å². The van der Waals surface area contributed by atoms with Crippen molar-refractivity contribution in [2.45, 2.75) is 6.54 Å². The van der Waals surface area contributed by atoms with Gasteiger partial charge in [-0.1, -0.05) is 6.07 Å². The number of hydrogen-bond acceptors (Lipinski definition) is 5. The molecule has 18 heavy (non-hydrogen) atoms. The highest BCUT2D eigenvalue weighted by Crippen LogP contribution is 2.26. The summed E-state index contributed by atoms with van der Waals surface area (Å²) in [5.41, 5.74) is 0.664. The monoisotopic (exact) mass is 308 g/mol. The van der Waals surface area contributed by atoms with Gasteiger partial charge in [-0.15, -0.1) is 0 Å². The maximum Gasteiger partial charge on any atom is 0.283 e. The molecule has 0 saturated carbocycles. The van der Waals surface area contributed by atoms with Crippen molar-refractivity contribution < 1.29 is 4.92 Å². The van der Waals surface area contributed by atoms with Gasteiger partial charge in [-0.25, -0.2) is 0 Å². The van der Waals surface area contributed by atoms with E-state index in [9.17, 15) is 10.1 Å². The summed E-state index contributed by atoms with van der Waals surface area (Å²) in [5.74, 6) is 0. The lowest BCUT2D eigenvalue weighted by Crippen LogP contribution is -2.23. The molecule has 0 amide bonds. The Morgan fingerprint density at radius 1 is 1.33 bits per heavy atom. The normalized spacial score (nSPS) is 9.78. The van der Waals surface area contributed by atoms with Gasteiger partial charge in [0.25, 0.3) is 5.69 Å². The van der Waals surface area contributed by atoms with E-state index in [-0.39, 0.29) is 18.8 Å². The highest BCUT2D eigenvalue weighted by Gasteiger charge is 2.13. The van der Waals surface area contributed by atoms with Crippen molar-refractivity contribution >= 4 is 21.6 Å². The van der Waals surface area contributed by atoms with Crippen molar-refractivity contribution in [3.63, 3.8) is 0 Å². The fraction of sp³-hybridized carbons (Fsp3) is 0.273. The molecular weight excluding hydrogens is 300 g/mol. The van der Waals surface area contributed by atoms with Crippen LogP contribution in [-0.4, -0.2) is 22.9 Å². The Kier molecular flexibility index (Phi) is 5.25. The average Bonchev–Trinajstić information content (AvgIpc) is 2.32. The highest BCUT2D eigenvalue weighted by atomic mass is 79.9. The minimum absolute atomic E-state index is 0.0265. The SMILES string of the molecule is N#CCN(CC#N)Cc1ccc(Br)c([N+](=O)[O-])c1. The predicted octanol–water partition coefficient (Wildman–Crippen LogP) is 2.21. The van der Waals surface area contributed by atoms with E-state index in [0.717, 1.165) is 0 Å². The summed E-state index contributed by atoms with van der Waals surface area (Å²) in [6.45, 7) is 0.546. The van der Waals surface area contributed by atoms with E-state index in [1.807, 2.05) is 12.1 Å². The largest absolute Gasteiger partial charge is 0.283 e. The lowest BCUT2D eigenvalue weighted by atomic mass is 10.2. The molecule has 1 aromatic rings. The molecule has 1 aromatic carbocycles. The van der Waals surface area contributed by atoms with Gasteiger partial charge >= 0.3 is 0 Å². The van der Waals surface area contributed by atoms with Crippen LogP contribution in [0.5, 0.6) is 0 Å². The lowest BCUT2D eigenvalue weighted by Gasteiger charge is -2.14. The fourth-order valence-corrected chi connectivity index (χ4v) is 1.81. The lowest BCUT2D eigenvalue weighted by molar-refractivity contribution is -0.385. The van der Waals surface area contributed by atoms with Crippen molar-refractivity contribution in [3.8, 4) is 12.1 Å². The zero-order chi connectivity index (χ0) is 13.5. The number of halogens is 1. The first kappa shape index (κ1) is 14.1. The Hall–Kier alpha value is -1.96. The van der Waals surface area contributed by atoms with Crippen LogP contribution in [0.3, 0.4) is 0 Å². The Morgan fingerprint density at radius 2 is 1.94 bits per heavy atom. The summed E-state index contributed by atoms with van der Waals surface area (Å²) in [6.07, 6.45) is 0. The third kappa shape index (κ3) is 3.81. The van der Waals surface area contributed by atoms with Gasteiger partial charge in [0.15, 0.2) is 0 Å². The minimum atomic E-state index is -0.480. The third-order valence-electron chi connectivity index (χ3n) is 2.20. The third-order valence-corrected chi connectivity index (χ3v) is 2.87. The van der Waals surface area contributed by atoms with Crippen LogP contribution < -0.4 is 0 Å². The van der Waals surface area contributed by atoms with Crippen molar-refractivity contribution in [3.05, 3.63) is 38.3 Å². The number of nitrogens with zero attached hydrogens (tertiary/aromatic N) is 4. The molecule has 0 heterocycles. The summed E-state index contributed by atoms with van der Waals surface area (Å²) >= 11 is 3.10. The first-order chi connectivity index (χ1) is 8.58. The highest BCUT2D eigenvalue weighted by molar-refractivity contribution is 9.10. The van der Waals surface area contributed by atoms with Gasteiger partial charge in [0.2, 0.25) is 0 Å². The predicted molar refractivity (Wildman–Crippen MR) is 67.3 cm³/mol. The molecule has 0 aliphatic rings. The van der Waals surface area contributed by atoms with Crippen molar-refractivity contribution in [1.82, 2.24) is 4.90 Å². The maximum atomic E-state index is 10.8. The first-order valence-electron chi connectivity index (χ1n) is 4.97. The molecule has 0 fully saturated rings. The Labute approximate surface area is 112 Å². The van der Waals surface area contributed by atoms with Crippen molar-refractivity contribution in [1.29, 1.82) is 10.5 Å². The molecule has 6 nitrogen and oxygen atoms in total. The van der Waals surface area contributed by atoms with Crippen LogP contribution in [0.4, 0.5) is 5.69 Å². The van der Waals surface area contributed by atoms with Gasteiger partial charge in [0, 0.05) is 12.6 Å². The Balaban J connectivity index is 2.91. The van der Waals surface area contributed by atoms with Gasteiger partial charge in [0.1, 0.15) is 0 Å². The average molecular weight is 309 g/mol. The Bertz CT molecular complexity index is 517. The van der Waals surface area contributed by atoms with Crippen LogP contribution in [0.2, 0.25) is 0 Å². The molecule has 0 aliphatic heterocycles. The topological polar surface area (TPSA) is 94.0 Å². The van der Waals surface area contributed by atoms with Crippen molar-refractivity contribution in [2.75, 3.05) is 13.1 Å². The second kappa shape index (κ2) is 6.70. The van der Waals surface area contributed by atoms with Gasteiger partial charge in [-0.2, -0.15) is 10.5 Å². The van der Waals surface area contributed by atoms with Gasteiger partial charge < -0.3 is 0 Å². The van der Waals surface area contributed by atoms with Gasteiger partial charge in [-0.05, 0) is 27.6 Å². The van der Waals surface area contributed by atoms with Crippen molar-refractivity contribution in [2.24, 2.45) is 0 Å². The number of benzene rings is 1. The molecule has 7 heteroatoms. The summed E-state index contributed by atoms with van der Waals surface area (Å²) in [4.78, 5) is 11.9. The smallest absolute Gasteiger partial charge is 0.273 e. The zero-order valence-electron chi connectivity index (χ0n) is 9.34. The molecule has 0 N–H and O–H groups in total. The molecule has 1 rings (SSSR count). The van der Waals surface area contributed by atoms with Gasteiger partial charge in [0.05, 0.1) is 34.6 Å².